The van der Waals surface area contributed by atoms with Crippen molar-refractivity contribution in [2.24, 2.45) is 0 Å². The fourth-order valence-corrected chi connectivity index (χ4v) is 2.05. The van der Waals surface area contributed by atoms with Crippen LogP contribution in [0.2, 0.25) is 0 Å². The highest BCUT2D eigenvalue weighted by Gasteiger charge is 2.23. The van der Waals surface area contributed by atoms with E-state index < -0.39 is 0 Å². The smallest absolute Gasteiger partial charge is 0.0453 e. The van der Waals surface area contributed by atoms with Gasteiger partial charge in [0.1, 0.15) is 0 Å². The molecule has 1 N–H and O–H groups in total. The molecule has 0 aliphatic rings. The molecule has 0 aromatic heterocycles. The molecule has 2 nitrogen and oxygen atoms in total. The van der Waals surface area contributed by atoms with Crippen LogP contribution in [0, 0.1) is 0 Å². The molecule has 2 heteroatoms. The van der Waals surface area contributed by atoms with Gasteiger partial charge in [-0.15, -0.1) is 0 Å². The molecular formula is C16H27NO. The van der Waals surface area contributed by atoms with Crippen molar-refractivity contribution in [1.82, 2.24) is 0 Å². The molecule has 1 aromatic rings. The molecule has 0 saturated carbocycles. The molecule has 0 amide bonds. The Hall–Kier alpha value is -1.02. The minimum absolute atomic E-state index is 0.0212. The van der Waals surface area contributed by atoms with E-state index in [1.165, 1.54) is 17.7 Å². The summed E-state index contributed by atoms with van der Waals surface area (Å²) in [4.78, 5) is 2.24. The second kappa shape index (κ2) is 6.24. The summed E-state index contributed by atoms with van der Waals surface area (Å²) < 4.78 is 0. The van der Waals surface area contributed by atoms with Gasteiger partial charge in [-0.2, -0.15) is 0 Å². The summed E-state index contributed by atoms with van der Waals surface area (Å²) in [6.45, 7) is 9.02. The van der Waals surface area contributed by atoms with Gasteiger partial charge in [-0.05, 0) is 50.3 Å². The van der Waals surface area contributed by atoms with Gasteiger partial charge in [-0.1, -0.05) is 26.0 Å². The summed E-state index contributed by atoms with van der Waals surface area (Å²) in [7, 11) is 2.09. The number of rotatable bonds is 6. The standard InChI is InChI=1S/C16H27NO/c1-6-13(2)14-7-9-15(10-8-14)17(5)16(3,4)11-12-18/h7-10,13,18H,6,11-12H2,1-5H3. The van der Waals surface area contributed by atoms with Crippen molar-refractivity contribution in [2.75, 3.05) is 18.6 Å². The summed E-state index contributed by atoms with van der Waals surface area (Å²) in [5.41, 5.74) is 2.59. The molecule has 0 saturated heterocycles. The molecule has 1 unspecified atom stereocenters. The third-order valence-electron chi connectivity index (χ3n) is 4.09. The molecule has 0 spiro atoms. The SMILES string of the molecule is CCC(C)c1ccc(N(C)C(C)(C)CCO)cc1. The first kappa shape index (κ1) is 15.0. The van der Waals surface area contributed by atoms with E-state index in [1.54, 1.807) is 0 Å². The van der Waals surface area contributed by atoms with E-state index in [2.05, 4.69) is 63.9 Å². The minimum Gasteiger partial charge on any atom is -0.396 e. The van der Waals surface area contributed by atoms with E-state index in [0.717, 1.165) is 6.42 Å². The average molecular weight is 249 g/mol. The molecule has 1 rings (SSSR count). The molecule has 0 heterocycles. The van der Waals surface area contributed by atoms with Gasteiger partial charge < -0.3 is 10.0 Å². The van der Waals surface area contributed by atoms with Crippen LogP contribution in [0.15, 0.2) is 24.3 Å². The second-order valence-electron chi connectivity index (χ2n) is 5.75. The van der Waals surface area contributed by atoms with Crippen molar-refractivity contribution in [3.8, 4) is 0 Å². The molecule has 1 atom stereocenters. The molecule has 0 fully saturated rings. The van der Waals surface area contributed by atoms with Crippen LogP contribution in [-0.2, 0) is 0 Å². The summed E-state index contributed by atoms with van der Waals surface area (Å²) in [5.74, 6) is 0.620. The predicted octanol–water partition coefficient (Wildman–Crippen LogP) is 3.80. The maximum absolute atomic E-state index is 9.12. The zero-order chi connectivity index (χ0) is 13.8. The third kappa shape index (κ3) is 3.49. The van der Waals surface area contributed by atoms with Gasteiger partial charge in [-0.25, -0.2) is 0 Å². The van der Waals surface area contributed by atoms with Gasteiger partial charge in [0.2, 0.25) is 0 Å². The molecule has 0 aliphatic carbocycles. The van der Waals surface area contributed by atoms with E-state index in [0.29, 0.717) is 5.92 Å². The zero-order valence-electron chi connectivity index (χ0n) is 12.4. The Morgan fingerprint density at radius 3 is 2.22 bits per heavy atom. The predicted molar refractivity (Wildman–Crippen MR) is 79.3 cm³/mol. The van der Waals surface area contributed by atoms with E-state index >= 15 is 0 Å². The van der Waals surface area contributed by atoms with E-state index in [1.807, 2.05) is 0 Å². The lowest BCUT2D eigenvalue weighted by Crippen LogP contribution is -2.41. The topological polar surface area (TPSA) is 23.5 Å². The monoisotopic (exact) mass is 249 g/mol. The van der Waals surface area contributed by atoms with Crippen LogP contribution < -0.4 is 4.90 Å². The van der Waals surface area contributed by atoms with Crippen LogP contribution in [0.1, 0.15) is 52.0 Å². The zero-order valence-corrected chi connectivity index (χ0v) is 12.4. The van der Waals surface area contributed by atoms with Crippen LogP contribution in [-0.4, -0.2) is 24.3 Å². The first-order valence-corrected chi connectivity index (χ1v) is 6.87. The first-order chi connectivity index (χ1) is 8.42. The number of benzene rings is 1. The quantitative estimate of drug-likeness (QED) is 0.829. The second-order valence-corrected chi connectivity index (χ2v) is 5.75. The Balaban J connectivity index is 2.85. The fourth-order valence-electron chi connectivity index (χ4n) is 2.05. The lowest BCUT2D eigenvalue weighted by molar-refractivity contribution is 0.250. The largest absolute Gasteiger partial charge is 0.396 e. The number of aliphatic hydroxyl groups is 1. The van der Waals surface area contributed by atoms with Gasteiger partial charge in [0.25, 0.3) is 0 Å². The normalized spacial score (nSPS) is 13.4. The number of hydrogen-bond acceptors (Lipinski definition) is 2. The molecule has 0 aliphatic heterocycles. The van der Waals surface area contributed by atoms with E-state index in [4.69, 9.17) is 5.11 Å². The van der Waals surface area contributed by atoms with Crippen molar-refractivity contribution in [3.05, 3.63) is 29.8 Å². The highest BCUT2D eigenvalue weighted by atomic mass is 16.3. The van der Waals surface area contributed by atoms with Gasteiger partial charge in [0.15, 0.2) is 0 Å². The van der Waals surface area contributed by atoms with Crippen molar-refractivity contribution < 1.29 is 5.11 Å². The van der Waals surface area contributed by atoms with Gasteiger partial charge in [-0.3, -0.25) is 0 Å². The van der Waals surface area contributed by atoms with Gasteiger partial charge in [0.05, 0.1) is 0 Å². The van der Waals surface area contributed by atoms with Gasteiger partial charge in [0, 0.05) is 24.9 Å². The molecule has 1 aromatic carbocycles. The third-order valence-corrected chi connectivity index (χ3v) is 4.09. The Bertz CT molecular complexity index is 356. The van der Waals surface area contributed by atoms with E-state index in [9.17, 15) is 0 Å². The van der Waals surface area contributed by atoms with Crippen LogP contribution in [0.5, 0.6) is 0 Å². The van der Waals surface area contributed by atoms with Crippen LogP contribution in [0.3, 0.4) is 0 Å². The molecule has 0 radical (unpaired) electrons. The van der Waals surface area contributed by atoms with Crippen molar-refractivity contribution >= 4 is 5.69 Å². The summed E-state index contributed by atoms with van der Waals surface area (Å²) >= 11 is 0. The molecule has 0 bridgehead atoms. The van der Waals surface area contributed by atoms with Crippen molar-refractivity contribution in [3.63, 3.8) is 0 Å². The summed E-state index contributed by atoms with van der Waals surface area (Å²) in [5, 5.41) is 9.12. The summed E-state index contributed by atoms with van der Waals surface area (Å²) in [6, 6.07) is 8.80. The highest BCUT2D eigenvalue weighted by molar-refractivity contribution is 5.49. The number of aliphatic hydroxyl groups excluding tert-OH is 1. The van der Waals surface area contributed by atoms with Crippen LogP contribution >= 0.6 is 0 Å². The van der Waals surface area contributed by atoms with Crippen molar-refractivity contribution in [1.29, 1.82) is 0 Å². The maximum atomic E-state index is 9.12. The maximum Gasteiger partial charge on any atom is 0.0453 e. The summed E-state index contributed by atoms with van der Waals surface area (Å²) in [6.07, 6.45) is 1.95. The van der Waals surface area contributed by atoms with Crippen molar-refractivity contribution in [2.45, 2.75) is 52.0 Å². The first-order valence-electron chi connectivity index (χ1n) is 6.87. The van der Waals surface area contributed by atoms with Gasteiger partial charge >= 0.3 is 0 Å². The van der Waals surface area contributed by atoms with Crippen LogP contribution in [0.4, 0.5) is 5.69 Å². The lowest BCUT2D eigenvalue weighted by atomic mass is 9.96. The Morgan fingerprint density at radius 1 is 1.22 bits per heavy atom. The molecule has 102 valence electrons. The minimum atomic E-state index is -0.0212. The number of nitrogens with zero attached hydrogens (tertiary/aromatic N) is 1. The lowest BCUT2D eigenvalue weighted by Gasteiger charge is -2.37. The number of anilines is 1. The molecule has 18 heavy (non-hydrogen) atoms. The van der Waals surface area contributed by atoms with Crippen LogP contribution in [0.25, 0.3) is 0 Å². The highest BCUT2D eigenvalue weighted by Crippen LogP contribution is 2.27. The molecular weight excluding hydrogens is 222 g/mol. The Morgan fingerprint density at radius 2 is 1.78 bits per heavy atom. The Labute approximate surface area is 112 Å². The average Bonchev–Trinajstić information content (AvgIpc) is 2.37. The van der Waals surface area contributed by atoms with E-state index in [-0.39, 0.29) is 12.1 Å². The Kier molecular flexibility index (Phi) is 5.21. The number of hydrogen-bond donors (Lipinski definition) is 1. The fraction of sp³-hybridized carbons (Fsp3) is 0.625.